The third-order valence-corrected chi connectivity index (χ3v) is 6.03. The largest absolute Gasteiger partial charge is 0.344 e. The summed E-state index contributed by atoms with van der Waals surface area (Å²) in [6, 6.07) is 22.6. The van der Waals surface area contributed by atoms with Crippen molar-refractivity contribution in [1.82, 2.24) is 5.32 Å². The van der Waals surface area contributed by atoms with Crippen LogP contribution >= 0.6 is 11.8 Å². The van der Waals surface area contributed by atoms with Gasteiger partial charge < -0.3 is 10.6 Å². The van der Waals surface area contributed by atoms with Crippen LogP contribution in [0.25, 0.3) is 0 Å². The van der Waals surface area contributed by atoms with Gasteiger partial charge in [0.05, 0.1) is 10.6 Å². The maximum atomic E-state index is 12.3. The SMILES string of the molecule is NS(=O)(=O)c1ccc(CNC(=O)C(=O)Nc2ccccc2Sc2ccccc2)cc1. The maximum Gasteiger partial charge on any atom is 0.313 e. The molecule has 0 fully saturated rings. The number of amides is 2. The molecule has 0 saturated heterocycles. The Bertz CT molecular complexity index is 1150. The Labute approximate surface area is 178 Å². The van der Waals surface area contributed by atoms with Gasteiger partial charge in [-0.2, -0.15) is 0 Å². The van der Waals surface area contributed by atoms with Gasteiger partial charge in [-0.1, -0.05) is 54.2 Å². The summed E-state index contributed by atoms with van der Waals surface area (Å²) >= 11 is 1.48. The minimum Gasteiger partial charge on any atom is -0.344 e. The second-order valence-electron chi connectivity index (χ2n) is 6.24. The molecule has 0 saturated carbocycles. The number of hydrogen-bond acceptors (Lipinski definition) is 5. The van der Waals surface area contributed by atoms with Crippen molar-refractivity contribution in [2.45, 2.75) is 21.2 Å². The summed E-state index contributed by atoms with van der Waals surface area (Å²) in [5, 5.41) is 10.2. The molecule has 154 valence electrons. The summed E-state index contributed by atoms with van der Waals surface area (Å²) in [6.45, 7) is 0.0670. The predicted octanol–water partition coefficient (Wildman–Crippen LogP) is 2.74. The fourth-order valence-corrected chi connectivity index (χ4v) is 3.95. The fourth-order valence-electron chi connectivity index (χ4n) is 2.51. The topological polar surface area (TPSA) is 118 Å². The standard InChI is InChI=1S/C21H19N3O4S2/c22-30(27,28)17-12-10-15(11-13-17)14-23-20(25)21(26)24-18-8-4-5-9-19(18)29-16-6-2-1-3-7-16/h1-13H,14H2,(H,23,25)(H,24,26)(H2,22,27,28). The molecule has 3 rings (SSSR count). The molecule has 0 unspecified atom stereocenters. The van der Waals surface area contributed by atoms with Gasteiger partial charge >= 0.3 is 11.8 Å². The average Bonchev–Trinajstić information content (AvgIpc) is 2.74. The third-order valence-electron chi connectivity index (χ3n) is 4.02. The normalized spacial score (nSPS) is 11.0. The molecular formula is C21H19N3O4S2. The molecule has 0 aliphatic rings. The molecule has 4 N–H and O–H groups in total. The highest BCUT2D eigenvalue weighted by molar-refractivity contribution is 7.99. The van der Waals surface area contributed by atoms with Gasteiger partial charge in [0.2, 0.25) is 10.0 Å². The first-order valence-corrected chi connectivity index (χ1v) is 11.2. The van der Waals surface area contributed by atoms with Crippen LogP contribution in [0.15, 0.2) is 93.5 Å². The Kier molecular flexibility index (Phi) is 6.88. The number of carbonyl (C=O) groups excluding carboxylic acids is 2. The maximum absolute atomic E-state index is 12.3. The Morgan fingerprint density at radius 1 is 0.833 bits per heavy atom. The summed E-state index contributed by atoms with van der Waals surface area (Å²) in [4.78, 5) is 26.3. The minimum absolute atomic E-state index is 0.0251. The number of nitrogens with one attached hydrogen (secondary N) is 2. The van der Waals surface area contributed by atoms with Gasteiger partial charge in [0.15, 0.2) is 0 Å². The molecule has 3 aromatic rings. The van der Waals surface area contributed by atoms with Crippen LogP contribution in [0.2, 0.25) is 0 Å². The molecule has 0 bridgehead atoms. The Morgan fingerprint density at radius 2 is 1.47 bits per heavy atom. The first-order valence-electron chi connectivity index (χ1n) is 8.86. The zero-order valence-electron chi connectivity index (χ0n) is 15.7. The molecule has 0 atom stereocenters. The highest BCUT2D eigenvalue weighted by atomic mass is 32.2. The van der Waals surface area contributed by atoms with Crippen molar-refractivity contribution in [3.8, 4) is 0 Å². The van der Waals surface area contributed by atoms with Gasteiger partial charge in [-0.3, -0.25) is 9.59 Å². The van der Waals surface area contributed by atoms with E-state index in [1.54, 1.807) is 12.1 Å². The molecule has 0 spiro atoms. The van der Waals surface area contributed by atoms with E-state index in [0.29, 0.717) is 11.3 Å². The molecular weight excluding hydrogens is 422 g/mol. The highest BCUT2D eigenvalue weighted by Gasteiger charge is 2.16. The molecule has 0 radical (unpaired) electrons. The van der Waals surface area contributed by atoms with Gasteiger partial charge in [0.1, 0.15) is 0 Å². The molecule has 0 aliphatic heterocycles. The molecule has 0 heterocycles. The predicted molar refractivity (Wildman–Crippen MR) is 115 cm³/mol. The number of anilines is 1. The van der Waals surface area contributed by atoms with E-state index < -0.39 is 21.8 Å². The number of benzene rings is 3. The van der Waals surface area contributed by atoms with Crippen LogP contribution in [0.3, 0.4) is 0 Å². The lowest BCUT2D eigenvalue weighted by Crippen LogP contribution is -2.35. The van der Waals surface area contributed by atoms with E-state index in [-0.39, 0.29) is 11.4 Å². The smallest absolute Gasteiger partial charge is 0.313 e. The molecule has 7 nitrogen and oxygen atoms in total. The van der Waals surface area contributed by atoms with Crippen LogP contribution in [-0.4, -0.2) is 20.2 Å². The highest BCUT2D eigenvalue weighted by Crippen LogP contribution is 2.33. The molecule has 3 aromatic carbocycles. The summed E-state index contributed by atoms with van der Waals surface area (Å²) in [7, 11) is -3.78. The number of carbonyl (C=O) groups is 2. The summed E-state index contributed by atoms with van der Waals surface area (Å²) < 4.78 is 22.5. The van der Waals surface area contributed by atoms with E-state index in [2.05, 4.69) is 10.6 Å². The lowest BCUT2D eigenvalue weighted by atomic mass is 10.2. The molecule has 0 aliphatic carbocycles. The Morgan fingerprint density at radius 3 is 2.13 bits per heavy atom. The van der Waals surface area contributed by atoms with Crippen LogP contribution in [-0.2, 0) is 26.2 Å². The van der Waals surface area contributed by atoms with E-state index >= 15 is 0 Å². The summed E-state index contributed by atoms with van der Waals surface area (Å²) in [5.74, 6) is -1.60. The minimum atomic E-state index is -3.78. The monoisotopic (exact) mass is 441 g/mol. The fraction of sp³-hybridized carbons (Fsp3) is 0.0476. The van der Waals surface area contributed by atoms with Crippen LogP contribution in [0.5, 0.6) is 0 Å². The number of rotatable bonds is 6. The van der Waals surface area contributed by atoms with Gasteiger partial charge in [0, 0.05) is 16.3 Å². The number of nitrogens with two attached hydrogens (primary N) is 1. The first kappa shape index (κ1) is 21.6. The van der Waals surface area contributed by atoms with Gasteiger partial charge in [0.25, 0.3) is 0 Å². The zero-order chi connectivity index (χ0) is 21.6. The van der Waals surface area contributed by atoms with E-state index in [1.807, 2.05) is 42.5 Å². The van der Waals surface area contributed by atoms with Crippen LogP contribution in [0, 0.1) is 0 Å². The second kappa shape index (κ2) is 9.57. The van der Waals surface area contributed by atoms with Crippen molar-refractivity contribution in [2.24, 2.45) is 5.14 Å². The van der Waals surface area contributed by atoms with Crippen molar-refractivity contribution in [2.75, 3.05) is 5.32 Å². The number of primary sulfonamides is 1. The molecule has 0 aromatic heterocycles. The lowest BCUT2D eigenvalue weighted by Gasteiger charge is -2.11. The van der Waals surface area contributed by atoms with Crippen molar-refractivity contribution in [3.05, 3.63) is 84.4 Å². The number of sulfonamides is 1. The van der Waals surface area contributed by atoms with Crippen LogP contribution in [0.4, 0.5) is 5.69 Å². The van der Waals surface area contributed by atoms with Crippen LogP contribution in [0.1, 0.15) is 5.56 Å². The van der Waals surface area contributed by atoms with Crippen molar-refractivity contribution in [1.29, 1.82) is 0 Å². The zero-order valence-corrected chi connectivity index (χ0v) is 17.4. The number of hydrogen-bond donors (Lipinski definition) is 3. The van der Waals surface area contributed by atoms with E-state index in [4.69, 9.17) is 5.14 Å². The van der Waals surface area contributed by atoms with Crippen molar-refractivity contribution >= 4 is 39.3 Å². The molecule has 9 heteroatoms. The summed E-state index contributed by atoms with van der Waals surface area (Å²) in [5.41, 5.74) is 1.16. The quantitative estimate of drug-likeness (QED) is 0.508. The summed E-state index contributed by atoms with van der Waals surface area (Å²) in [6.07, 6.45) is 0. The van der Waals surface area contributed by atoms with Crippen molar-refractivity contribution in [3.63, 3.8) is 0 Å². The second-order valence-corrected chi connectivity index (χ2v) is 8.91. The molecule has 30 heavy (non-hydrogen) atoms. The average molecular weight is 442 g/mol. The van der Waals surface area contributed by atoms with E-state index in [0.717, 1.165) is 9.79 Å². The lowest BCUT2D eigenvalue weighted by molar-refractivity contribution is -0.136. The third kappa shape index (κ3) is 5.93. The molecule has 2 amide bonds. The van der Waals surface area contributed by atoms with E-state index in [1.165, 1.54) is 36.0 Å². The van der Waals surface area contributed by atoms with Gasteiger partial charge in [-0.25, -0.2) is 13.6 Å². The van der Waals surface area contributed by atoms with Gasteiger partial charge in [-0.05, 0) is 42.0 Å². The van der Waals surface area contributed by atoms with Crippen molar-refractivity contribution < 1.29 is 18.0 Å². The first-order chi connectivity index (χ1) is 14.3. The van der Waals surface area contributed by atoms with E-state index in [9.17, 15) is 18.0 Å². The van der Waals surface area contributed by atoms with Gasteiger partial charge in [-0.15, -0.1) is 0 Å². The Hall–Kier alpha value is -3.14. The number of para-hydroxylation sites is 1. The Balaban J connectivity index is 1.60. The van der Waals surface area contributed by atoms with Crippen LogP contribution < -0.4 is 15.8 Å².